The summed E-state index contributed by atoms with van der Waals surface area (Å²) in [6.07, 6.45) is 4.81. The number of carboxylic acid groups (broad SMARTS) is 1. The van der Waals surface area contributed by atoms with Crippen molar-refractivity contribution in [1.29, 1.82) is 0 Å². The number of aromatic nitrogens is 3. The van der Waals surface area contributed by atoms with Crippen molar-refractivity contribution in [2.45, 2.75) is 51.1 Å². The predicted octanol–water partition coefficient (Wildman–Crippen LogP) is 2.62. The summed E-state index contributed by atoms with van der Waals surface area (Å²) in [6.45, 7) is 2.36. The van der Waals surface area contributed by atoms with Gasteiger partial charge < -0.3 is 10.4 Å². The van der Waals surface area contributed by atoms with E-state index in [-0.39, 0.29) is 18.1 Å². The van der Waals surface area contributed by atoms with E-state index in [4.69, 9.17) is 0 Å². The van der Waals surface area contributed by atoms with E-state index in [1.165, 1.54) is 23.0 Å². The Kier molecular flexibility index (Phi) is 5.53. The fraction of sp³-hybridized carbons (Fsp3) is 0.474. The molecule has 1 aliphatic rings. The molecule has 1 saturated carbocycles. The smallest absolute Gasteiger partial charge is 0.329 e. The lowest BCUT2D eigenvalue weighted by molar-refractivity contribution is -0.146. The highest BCUT2D eigenvalue weighted by Gasteiger charge is 2.43. The van der Waals surface area contributed by atoms with Crippen molar-refractivity contribution in [1.82, 2.24) is 20.3 Å². The van der Waals surface area contributed by atoms with Gasteiger partial charge in [-0.15, -0.1) is 5.10 Å². The van der Waals surface area contributed by atoms with Crippen molar-refractivity contribution < 1.29 is 19.1 Å². The van der Waals surface area contributed by atoms with Gasteiger partial charge in [-0.1, -0.05) is 30.7 Å². The maximum atomic E-state index is 13.3. The lowest BCUT2D eigenvalue weighted by Gasteiger charge is -2.37. The number of hydrogen-bond donors (Lipinski definition) is 2. The fourth-order valence-electron chi connectivity index (χ4n) is 3.55. The van der Waals surface area contributed by atoms with Gasteiger partial charge in [0.15, 0.2) is 5.69 Å². The van der Waals surface area contributed by atoms with Crippen LogP contribution in [0.4, 0.5) is 4.39 Å². The Balaban J connectivity index is 1.68. The van der Waals surface area contributed by atoms with Gasteiger partial charge in [-0.2, -0.15) is 0 Å². The van der Waals surface area contributed by atoms with Crippen LogP contribution in [0.5, 0.6) is 0 Å². The van der Waals surface area contributed by atoms with Gasteiger partial charge in [0.1, 0.15) is 11.4 Å². The van der Waals surface area contributed by atoms with Crippen LogP contribution in [-0.2, 0) is 11.3 Å². The molecule has 0 atom stereocenters. The average molecular weight is 374 g/mol. The predicted molar refractivity (Wildman–Crippen MR) is 95.6 cm³/mol. The summed E-state index contributed by atoms with van der Waals surface area (Å²) in [7, 11) is 0. The number of amides is 1. The molecule has 1 amide bonds. The van der Waals surface area contributed by atoms with Gasteiger partial charge >= 0.3 is 5.97 Å². The molecule has 1 fully saturated rings. The number of carboxylic acids is 1. The molecular formula is C19H23FN4O3. The van der Waals surface area contributed by atoms with Crippen molar-refractivity contribution in [3.63, 3.8) is 0 Å². The van der Waals surface area contributed by atoms with Crippen LogP contribution in [0.2, 0.25) is 0 Å². The lowest BCUT2D eigenvalue weighted by atomic mass is 9.75. The quantitative estimate of drug-likeness (QED) is 0.810. The molecule has 0 spiro atoms. The van der Waals surface area contributed by atoms with Crippen LogP contribution < -0.4 is 5.32 Å². The van der Waals surface area contributed by atoms with E-state index in [1.54, 1.807) is 12.1 Å². The Morgan fingerprint density at radius 2 is 2.11 bits per heavy atom. The second-order valence-corrected chi connectivity index (χ2v) is 7.12. The lowest BCUT2D eigenvalue weighted by Crippen LogP contribution is -2.56. The molecule has 1 heterocycles. The number of benzene rings is 1. The highest BCUT2D eigenvalue weighted by molar-refractivity contribution is 5.96. The SMILES string of the molecule is CCC1CCC(NC(=O)c2cn(Cc3cccc(F)c3)nn2)(C(=O)O)CC1. The molecule has 0 aliphatic heterocycles. The van der Waals surface area contributed by atoms with Gasteiger partial charge in [0.2, 0.25) is 0 Å². The Labute approximate surface area is 156 Å². The number of carbonyl (C=O) groups excluding carboxylic acids is 1. The van der Waals surface area contributed by atoms with Gasteiger partial charge in [-0.05, 0) is 49.3 Å². The topological polar surface area (TPSA) is 97.1 Å². The molecule has 144 valence electrons. The monoisotopic (exact) mass is 374 g/mol. The summed E-state index contributed by atoms with van der Waals surface area (Å²) in [6, 6.07) is 6.07. The molecule has 1 aliphatic carbocycles. The first-order valence-corrected chi connectivity index (χ1v) is 9.12. The number of rotatable bonds is 6. The minimum Gasteiger partial charge on any atom is -0.480 e. The van der Waals surface area contributed by atoms with Crippen LogP contribution in [0.3, 0.4) is 0 Å². The maximum Gasteiger partial charge on any atom is 0.329 e. The normalized spacial score (nSPS) is 22.4. The number of hydrogen-bond acceptors (Lipinski definition) is 4. The molecule has 3 rings (SSSR count). The van der Waals surface area contributed by atoms with Gasteiger partial charge in [0, 0.05) is 0 Å². The van der Waals surface area contributed by atoms with Gasteiger partial charge in [-0.25, -0.2) is 13.9 Å². The number of nitrogens with zero attached hydrogens (tertiary/aromatic N) is 3. The zero-order chi connectivity index (χ0) is 19.4. The number of carbonyl (C=O) groups is 2. The summed E-state index contributed by atoms with van der Waals surface area (Å²) in [4.78, 5) is 24.4. The molecule has 8 heteroatoms. The molecule has 27 heavy (non-hydrogen) atoms. The molecule has 0 radical (unpaired) electrons. The van der Waals surface area contributed by atoms with Gasteiger partial charge in [0.05, 0.1) is 12.7 Å². The Morgan fingerprint density at radius 1 is 1.37 bits per heavy atom. The molecule has 2 aromatic rings. The standard InChI is InChI=1S/C19H23FN4O3/c1-2-13-6-8-19(9-7-13,18(26)27)21-17(25)16-12-24(23-22-16)11-14-4-3-5-15(20)10-14/h3-5,10,12-13H,2,6-9,11H2,1H3,(H,21,25)(H,26,27). The van der Waals surface area contributed by atoms with Crippen molar-refractivity contribution in [3.05, 3.63) is 47.5 Å². The van der Waals surface area contributed by atoms with Gasteiger partial charge in [-0.3, -0.25) is 4.79 Å². The zero-order valence-electron chi connectivity index (χ0n) is 15.2. The molecule has 1 aromatic heterocycles. The first-order chi connectivity index (χ1) is 12.9. The number of halogens is 1. The Hall–Kier alpha value is -2.77. The van der Waals surface area contributed by atoms with Crippen LogP contribution >= 0.6 is 0 Å². The minimum absolute atomic E-state index is 0.0460. The van der Waals surface area contributed by atoms with Crippen molar-refractivity contribution in [2.24, 2.45) is 5.92 Å². The van der Waals surface area contributed by atoms with Crippen molar-refractivity contribution in [2.75, 3.05) is 0 Å². The third kappa shape index (κ3) is 4.32. The van der Waals surface area contributed by atoms with E-state index >= 15 is 0 Å². The average Bonchev–Trinajstić information content (AvgIpc) is 3.11. The van der Waals surface area contributed by atoms with Crippen LogP contribution in [0, 0.1) is 11.7 Å². The van der Waals surface area contributed by atoms with E-state index in [0.29, 0.717) is 24.3 Å². The minimum atomic E-state index is -1.25. The first kappa shape index (κ1) is 19.0. The summed E-state index contributed by atoms with van der Waals surface area (Å²) in [5.74, 6) is -1.42. The summed E-state index contributed by atoms with van der Waals surface area (Å²) < 4.78 is 14.7. The molecule has 0 bridgehead atoms. The fourth-order valence-corrected chi connectivity index (χ4v) is 3.55. The zero-order valence-corrected chi connectivity index (χ0v) is 15.2. The highest BCUT2D eigenvalue weighted by Crippen LogP contribution is 2.34. The summed E-state index contributed by atoms with van der Waals surface area (Å²) >= 11 is 0. The van der Waals surface area contributed by atoms with Crippen molar-refractivity contribution in [3.8, 4) is 0 Å². The second-order valence-electron chi connectivity index (χ2n) is 7.12. The third-order valence-corrected chi connectivity index (χ3v) is 5.30. The van der Waals surface area contributed by atoms with Crippen LogP contribution in [0.15, 0.2) is 30.5 Å². The van der Waals surface area contributed by atoms with E-state index in [0.717, 1.165) is 19.3 Å². The molecule has 7 nitrogen and oxygen atoms in total. The molecule has 2 N–H and O–H groups in total. The van der Waals surface area contributed by atoms with Crippen LogP contribution in [-0.4, -0.2) is 37.5 Å². The van der Waals surface area contributed by atoms with Gasteiger partial charge in [0.25, 0.3) is 5.91 Å². The number of aliphatic carboxylic acids is 1. The maximum absolute atomic E-state index is 13.3. The summed E-state index contributed by atoms with van der Waals surface area (Å²) in [5, 5.41) is 20.1. The number of nitrogens with one attached hydrogen (secondary N) is 1. The van der Waals surface area contributed by atoms with Crippen LogP contribution in [0.25, 0.3) is 0 Å². The highest BCUT2D eigenvalue weighted by atomic mass is 19.1. The molecule has 0 saturated heterocycles. The molecule has 1 aromatic carbocycles. The Morgan fingerprint density at radius 3 is 2.74 bits per heavy atom. The van der Waals surface area contributed by atoms with E-state index in [9.17, 15) is 19.1 Å². The largest absolute Gasteiger partial charge is 0.480 e. The summed E-state index contributed by atoms with van der Waals surface area (Å²) in [5.41, 5.74) is -0.522. The first-order valence-electron chi connectivity index (χ1n) is 9.12. The van der Waals surface area contributed by atoms with Crippen molar-refractivity contribution >= 4 is 11.9 Å². The Bertz CT molecular complexity index is 828. The van der Waals surface area contributed by atoms with E-state index in [1.807, 2.05) is 0 Å². The second kappa shape index (κ2) is 7.85. The van der Waals surface area contributed by atoms with E-state index in [2.05, 4.69) is 22.6 Å². The third-order valence-electron chi connectivity index (χ3n) is 5.30. The molecule has 0 unspecified atom stereocenters. The van der Waals surface area contributed by atoms with E-state index < -0.39 is 17.4 Å². The molecular weight excluding hydrogens is 351 g/mol. The van der Waals surface area contributed by atoms with Crippen LogP contribution in [0.1, 0.15) is 55.1 Å².